The van der Waals surface area contributed by atoms with Crippen molar-refractivity contribution in [3.63, 3.8) is 0 Å². The Morgan fingerprint density at radius 2 is 2.05 bits per heavy atom. The van der Waals surface area contributed by atoms with Crippen molar-refractivity contribution in [1.82, 2.24) is 10.3 Å². The number of nitrogens with one attached hydrogen (secondary N) is 1. The van der Waals surface area contributed by atoms with Gasteiger partial charge in [-0.15, -0.1) is 23.7 Å². The average Bonchev–Trinajstić information content (AvgIpc) is 2.87. The third kappa shape index (κ3) is 4.83. The first kappa shape index (κ1) is 16.5. The van der Waals surface area contributed by atoms with Crippen LogP contribution in [0, 0.1) is 0 Å². The highest BCUT2D eigenvalue weighted by Gasteiger charge is 2.05. The molecular formula is C14H18ClN3OS. The van der Waals surface area contributed by atoms with E-state index >= 15 is 0 Å². The maximum absolute atomic E-state index is 11.8. The first-order valence-corrected chi connectivity index (χ1v) is 7.03. The van der Waals surface area contributed by atoms with Gasteiger partial charge in [0.15, 0.2) is 0 Å². The first-order valence-electron chi connectivity index (χ1n) is 6.22. The van der Waals surface area contributed by atoms with Crippen LogP contribution in [0.4, 0.5) is 5.69 Å². The van der Waals surface area contributed by atoms with E-state index in [0.29, 0.717) is 12.2 Å². The molecule has 0 aromatic carbocycles. The molecule has 0 saturated carbocycles. The summed E-state index contributed by atoms with van der Waals surface area (Å²) in [7, 11) is 0. The molecule has 0 aliphatic rings. The van der Waals surface area contributed by atoms with Gasteiger partial charge in [0, 0.05) is 15.4 Å². The lowest BCUT2D eigenvalue weighted by Crippen LogP contribution is -2.24. The minimum atomic E-state index is -0.0243. The fraction of sp³-hybridized carbons (Fsp3) is 0.286. The number of pyridine rings is 1. The topological polar surface area (TPSA) is 68.0 Å². The molecule has 108 valence electrons. The van der Waals surface area contributed by atoms with E-state index in [4.69, 9.17) is 5.73 Å². The minimum Gasteiger partial charge on any atom is -0.397 e. The van der Waals surface area contributed by atoms with Gasteiger partial charge in [0.05, 0.1) is 24.8 Å². The molecule has 0 fully saturated rings. The quantitative estimate of drug-likeness (QED) is 0.891. The van der Waals surface area contributed by atoms with Crippen molar-refractivity contribution in [3.05, 3.63) is 45.9 Å². The molecule has 0 unspecified atom stereocenters. The number of carbonyl (C=O) groups is 1. The van der Waals surface area contributed by atoms with Gasteiger partial charge in [-0.25, -0.2) is 0 Å². The fourth-order valence-electron chi connectivity index (χ4n) is 1.66. The molecule has 1 amide bonds. The van der Waals surface area contributed by atoms with Gasteiger partial charge in [0.1, 0.15) is 0 Å². The molecule has 0 bridgehead atoms. The van der Waals surface area contributed by atoms with E-state index in [1.54, 1.807) is 29.7 Å². The van der Waals surface area contributed by atoms with Crippen LogP contribution in [-0.2, 0) is 24.2 Å². The molecule has 0 radical (unpaired) electrons. The SMILES string of the molecule is CCc1ccc(CNC(=O)Cc2ccc(N)cn2)s1.Cl. The number of amides is 1. The van der Waals surface area contributed by atoms with Crippen molar-refractivity contribution in [1.29, 1.82) is 0 Å². The molecule has 4 nitrogen and oxygen atoms in total. The number of aromatic nitrogens is 1. The Labute approximate surface area is 128 Å². The number of carbonyl (C=O) groups excluding carboxylic acids is 1. The second-order valence-electron chi connectivity index (χ2n) is 4.26. The molecule has 20 heavy (non-hydrogen) atoms. The second-order valence-corrected chi connectivity index (χ2v) is 5.51. The van der Waals surface area contributed by atoms with Crippen molar-refractivity contribution < 1.29 is 4.79 Å². The fourth-order valence-corrected chi connectivity index (χ4v) is 2.56. The molecule has 0 aliphatic heterocycles. The number of aryl methyl sites for hydroxylation is 1. The lowest BCUT2D eigenvalue weighted by molar-refractivity contribution is -0.120. The summed E-state index contributed by atoms with van der Waals surface area (Å²) in [5.41, 5.74) is 6.88. The zero-order chi connectivity index (χ0) is 13.7. The number of hydrogen-bond acceptors (Lipinski definition) is 4. The van der Waals surface area contributed by atoms with Crippen LogP contribution in [0.2, 0.25) is 0 Å². The van der Waals surface area contributed by atoms with Gasteiger partial charge in [-0.05, 0) is 30.7 Å². The van der Waals surface area contributed by atoms with E-state index in [9.17, 15) is 4.79 Å². The molecule has 2 aromatic rings. The Morgan fingerprint density at radius 3 is 2.65 bits per heavy atom. The smallest absolute Gasteiger partial charge is 0.226 e. The largest absolute Gasteiger partial charge is 0.397 e. The van der Waals surface area contributed by atoms with Crippen molar-refractivity contribution >= 4 is 35.3 Å². The molecule has 0 atom stereocenters. The van der Waals surface area contributed by atoms with E-state index < -0.39 is 0 Å². The van der Waals surface area contributed by atoms with Crippen LogP contribution < -0.4 is 11.1 Å². The first-order chi connectivity index (χ1) is 9.17. The summed E-state index contributed by atoms with van der Waals surface area (Å²) in [6, 6.07) is 7.69. The van der Waals surface area contributed by atoms with E-state index in [2.05, 4.69) is 29.4 Å². The summed E-state index contributed by atoms with van der Waals surface area (Å²) >= 11 is 1.74. The predicted molar refractivity (Wildman–Crippen MR) is 85.1 cm³/mol. The van der Waals surface area contributed by atoms with Gasteiger partial charge >= 0.3 is 0 Å². The van der Waals surface area contributed by atoms with Gasteiger partial charge < -0.3 is 11.1 Å². The summed E-state index contributed by atoms with van der Waals surface area (Å²) in [5, 5.41) is 2.90. The highest BCUT2D eigenvalue weighted by Crippen LogP contribution is 2.16. The molecule has 0 saturated heterocycles. The number of thiophene rings is 1. The number of hydrogen-bond donors (Lipinski definition) is 2. The molecule has 3 N–H and O–H groups in total. The number of nitrogen functional groups attached to an aromatic ring is 1. The van der Waals surface area contributed by atoms with Crippen LogP contribution in [0.25, 0.3) is 0 Å². The Morgan fingerprint density at radius 1 is 1.30 bits per heavy atom. The van der Waals surface area contributed by atoms with Crippen molar-refractivity contribution in [2.45, 2.75) is 26.3 Å². The predicted octanol–water partition coefficient (Wildman–Crippen LogP) is 2.57. The van der Waals surface area contributed by atoms with Crippen LogP contribution in [-0.4, -0.2) is 10.9 Å². The molecule has 2 heterocycles. The van der Waals surface area contributed by atoms with Gasteiger partial charge in [0.2, 0.25) is 5.91 Å². The maximum atomic E-state index is 11.8. The van der Waals surface area contributed by atoms with E-state index in [1.165, 1.54) is 9.75 Å². The lowest BCUT2D eigenvalue weighted by Gasteiger charge is -2.03. The third-order valence-corrected chi connectivity index (χ3v) is 3.94. The maximum Gasteiger partial charge on any atom is 0.226 e. The van der Waals surface area contributed by atoms with E-state index in [1.807, 2.05) is 0 Å². The van der Waals surface area contributed by atoms with E-state index in [-0.39, 0.29) is 24.7 Å². The van der Waals surface area contributed by atoms with Gasteiger partial charge in [-0.1, -0.05) is 6.92 Å². The average molecular weight is 312 g/mol. The minimum absolute atomic E-state index is 0. The summed E-state index contributed by atoms with van der Waals surface area (Å²) in [4.78, 5) is 18.4. The molecule has 2 aromatic heterocycles. The van der Waals surface area contributed by atoms with Crippen LogP contribution in [0.1, 0.15) is 22.4 Å². The number of nitrogens with two attached hydrogens (primary N) is 1. The number of rotatable bonds is 5. The van der Waals surface area contributed by atoms with Gasteiger partial charge in [0.25, 0.3) is 0 Å². The Kier molecular flexibility index (Phi) is 6.48. The number of anilines is 1. The molecular weight excluding hydrogens is 294 g/mol. The Hall–Kier alpha value is -1.59. The normalized spacial score (nSPS) is 9.85. The highest BCUT2D eigenvalue weighted by molar-refractivity contribution is 7.11. The summed E-state index contributed by atoms with van der Waals surface area (Å²) < 4.78 is 0. The summed E-state index contributed by atoms with van der Waals surface area (Å²) in [6.45, 7) is 2.71. The van der Waals surface area contributed by atoms with E-state index in [0.717, 1.165) is 12.1 Å². The van der Waals surface area contributed by atoms with Crippen molar-refractivity contribution in [3.8, 4) is 0 Å². The Bertz CT molecular complexity index is 554. The standard InChI is InChI=1S/C14H17N3OS.ClH/c1-2-12-5-6-13(19-12)9-17-14(18)7-11-4-3-10(15)8-16-11;/h3-6,8H,2,7,9,15H2,1H3,(H,17,18);1H. The van der Waals surface area contributed by atoms with Crippen LogP contribution in [0.15, 0.2) is 30.5 Å². The second kappa shape index (κ2) is 7.87. The molecule has 0 spiro atoms. The number of halogens is 1. The van der Waals surface area contributed by atoms with Crippen LogP contribution in [0.3, 0.4) is 0 Å². The monoisotopic (exact) mass is 311 g/mol. The van der Waals surface area contributed by atoms with Crippen LogP contribution in [0.5, 0.6) is 0 Å². The molecule has 6 heteroatoms. The number of nitrogens with zero attached hydrogens (tertiary/aromatic N) is 1. The zero-order valence-corrected chi connectivity index (χ0v) is 12.9. The molecule has 0 aliphatic carbocycles. The molecule has 2 rings (SSSR count). The van der Waals surface area contributed by atoms with Gasteiger partial charge in [-0.2, -0.15) is 0 Å². The van der Waals surface area contributed by atoms with Gasteiger partial charge in [-0.3, -0.25) is 9.78 Å². The third-order valence-electron chi connectivity index (χ3n) is 2.71. The summed E-state index contributed by atoms with van der Waals surface area (Å²) in [6.07, 6.45) is 2.88. The highest BCUT2D eigenvalue weighted by atomic mass is 35.5. The Balaban J connectivity index is 0.00000200. The lowest BCUT2D eigenvalue weighted by atomic mass is 10.2. The van der Waals surface area contributed by atoms with Crippen molar-refractivity contribution in [2.75, 3.05) is 5.73 Å². The zero-order valence-electron chi connectivity index (χ0n) is 11.3. The van der Waals surface area contributed by atoms with Crippen molar-refractivity contribution in [2.24, 2.45) is 0 Å². The van der Waals surface area contributed by atoms with Crippen LogP contribution >= 0.6 is 23.7 Å². The summed E-state index contributed by atoms with van der Waals surface area (Å²) in [5.74, 6) is -0.0243.